The van der Waals surface area contributed by atoms with Crippen molar-refractivity contribution in [2.75, 3.05) is 4.90 Å². The van der Waals surface area contributed by atoms with Gasteiger partial charge in [0.05, 0.1) is 5.37 Å². The molecule has 1 fully saturated rings. The van der Waals surface area contributed by atoms with Gasteiger partial charge in [-0.1, -0.05) is 51.8 Å². The maximum atomic E-state index is 2.62. The van der Waals surface area contributed by atoms with Crippen LogP contribution in [0.4, 0.5) is 5.69 Å². The zero-order valence-corrected chi connectivity index (χ0v) is 15.5. The first-order chi connectivity index (χ1) is 10.4. The second-order valence-corrected chi connectivity index (χ2v) is 9.05. The van der Waals surface area contributed by atoms with Crippen LogP contribution in [0.5, 0.6) is 0 Å². The molecular formula is C20H29NS. The summed E-state index contributed by atoms with van der Waals surface area (Å²) in [6.45, 7) is 11.7. The largest absolute Gasteiger partial charge is 0.331 e. The Hall–Kier alpha value is -0.890. The highest BCUT2D eigenvalue weighted by atomic mass is 32.2. The van der Waals surface area contributed by atoms with Crippen LogP contribution >= 0.6 is 11.8 Å². The van der Waals surface area contributed by atoms with Gasteiger partial charge in [0.25, 0.3) is 0 Å². The van der Waals surface area contributed by atoms with Crippen LogP contribution < -0.4 is 4.90 Å². The molecule has 1 aliphatic carbocycles. The van der Waals surface area contributed by atoms with Crippen molar-refractivity contribution < 1.29 is 0 Å². The van der Waals surface area contributed by atoms with E-state index in [-0.39, 0.29) is 5.41 Å². The third-order valence-corrected chi connectivity index (χ3v) is 7.06. The summed E-state index contributed by atoms with van der Waals surface area (Å²) in [5.74, 6) is 0.809. The molecule has 22 heavy (non-hydrogen) atoms. The molecule has 0 aromatic heterocycles. The highest BCUT2D eigenvalue weighted by Gasteiger charge is 2.41. The first-order valence-corrected chi connectivity index (χ1v) is 9.50. The number of benzene rings is 1. The number of hydrogen-bond acceptors (Lipinski definition) is 2. The Morgan fingerprint density at radius 3 is 2.27 bits per heavy atom. The van der Waals surface area contributed by atoms with Crippen LogP contribution in [0.25, 0.3) is 0 Å². The van der Waals surface area contributed by atoms with E-state index in [1.54, 1.807) is 4.91 Å². The standard InChI is InChI=1S/C20H29NS/c1-14-10-6-9-13-17(14)21-15(2)18(16-11-7-8-12-16)22-19(21)20(3,4)5/h6,9-10,13,16,19H,7-8,11-12H2,1-5H3. The second kappa shape index (κ2) is 5.96. The SMILES string of the molecule is CC1=C(C2CCCC2)SC(C(C)(C)C)N1c1ccccc1C. The smallest absolute Gasteiger partial charge is 0.0888 e. The minimum absolute atomic E-state index is 0.258. The van der Waals surface area contributed by atoms with Crippen molar-refractivity contribution in [2.24, 2.45) is 11.3 Å². The van der Waals surface area contributed by atoms with Crippen LogP contribution in [0.3, 0.4) is 0 Å². The lowest BCUT2D eigenvalue weighted by Crippen LogP contribution is -2.38. The molecular weight excluding hydrogens is 286 g/mol. The number of para-hydroxylation sites is 1. The number of nitrogens with zero attached hydrogens (tertiary/aromatic N) is 1. The molecule has 1 nitrogen and oxygen atoms in total. The number of hydrogen-bond donors (Lipinski definition) is 0. The lowest BCUT2D eigenvalue weighted by atomic mass is 9.94. The van der Waals surface area contributed by atoms with Gasteiger partial charge in [-0.25, -0.2) is 0 Å². The van der Waals surface area contributed by atoms with Gasteiger partial charge in [-0.05, 0) is 49.7 Å². The molecule has 1 saturated carbocycles. The molecule has 2 heteroatoms. The maximum Gasteiger partial charge on any atom is 0.0888 e. The molecule has 1 aromatic carbocycles. The highest BCUT2D eigenvalue weighted by Crippen LogP contribution is 2.53. The molecule has 0 saturated heterocycles. The van der Waals surface area contributed by atoms with Crippen LogP contribution in [0.15, 0.2) is 34.9 Å². The van der Waals surface area contributed by atoms with Crippen LogP contribution in [0, 0.1) is 18.3 Å². The maximum absolute atomic E-state index is 2.62. The highest BCUT2D eigenvalue weighted by molar-refractivity contribution is 8.04. The van der Waals surface area contributed by atoms with Crippen molar-refractivity contribution in [3.8, 4) is 0 Å². The van der Waals surface area contributed by atoms with Crippen molar-refractivity contribution in [1.82, 2.24) is 0 Å². The van der Waals surface area contributed by atoms with Gasteiger partial charge >= 0.3 is 0 Å². The van der Waals surface area contributed by atoms with Crippen LogP contribution in [-0.4, -0.2) is 5.37 Å². The number of aryl methyl sites for hydroxylation is 1. The lowest BCUT2D eigenvalue weighted by Gasteiger charge is -2.37. The number of anilines is 1. The van der Waals surface area contributed by atoms with Gasteiger partial charge in [-0.15, -0.1) is 11.8 Å². The molecule has 0 spiro atoms. The number of rotatable bonds is 2. The summed E-state index contributed by atoms with van der Waals surface area (Å²) < 4.78 is 0. The van der Waals surface area contributed by atoms with Gasteiger partial charge in [0, 0.05) is 16.3 Å². The monoisotopic (exact) mass is 315 g/mol. The average molecular weight is 316 g/mol. The molecule has 1 unspecified atom stereocenters. The van der Waals surface area contributed by atoms with Gasteiger partial charge in [-0.3, -0.25) is 0 Å². The molecule has 0 bridgehead atoms. The van der Waals surface area contributed by atoms with Gasteiger partial charge in [0.15, 0.2) is 0 Å². The Balaban J connectivity index is 2.03. The Labute approximate surface area is 140 Å². The van der Waals surface area contributed by atoms with Crippen LogP contribution in [0.1, 0.15) is 58.9 Å². The Morgan fingerprint density at radius 1 is 1.05 bits per heavy atom. The predicted octanol–water partition coefficient (Wildman–Crippen LogP) is 6.34. The van der Waals surface area contributed by atoms with Crippen molar-refractivity contribution in [2.45, 2.75) is 65.7 Å². The molecule has 1 aliphatic heterocycles. The van der Waals surface area contributed by atoms with E-state index < -0.39 is 0 Å². The number of allylic oxidation sites excluding steroid dienone is 2. The van der Waals surface area contributed by atoms with E-state index >= 15 is 0 Å². The lowest BCUT2D eigenvalue weighted by molar-refractivity contribution is 0.395. The summed E-state index contributed by atoms with van der Waals surface area (Å²) in [6, 6.07) is 8.84. The number of thioether (sulfide) groups is 1. The van der Waals surface area contributed by atoms with Gasteiger partial charge in [-0.2, -0.15) is 0 Å². The molecule has 120 valence electrons. The zero-order valence-electron chi connectivity index (χ0n) is 14.6. The van der Waals surface area contributed by atoms with Gasteiger partial charge in [0.1, 0.15) is 0 Å². The molecule has 0 radical (unpaired) electrons. The molecule has 1 heterocycles. The Bertz CT molecular complexity index is 576. The predicted molar refractivity (Wildman–Crippen MR) is 99.2 cm³/mol. The first-order valence-electron chi connectivity index (χ1n) is 8.62. The minimum atomic E-state index is 0.258. The van der Waals surface area contributed by atoms with E-state index in [2.05, 4.69) is 75.5 Å². The van der Waals surface area contributed by atoms with E-state index in [1.807, 2.05) is 0 Å². The minimum Gasteiger partial charge on any atom is -0.331 e. The van der Waals surface area contributed by atoms with Crippen LogP contribution in [-0.2, 0) is 0 Å². The summed E-state index contributed by atoms with van der Waals surface area (Å²) in [6.07, 6.45) is 5.59. The fraction of sp³-hybridized carbons (Fsp3) is 0.600. The third-order valence-electron chi connectivity index (χ3n) is 5.03. The van der Waals surface area contributed by atoms with Gasteiger partial charge in [0.2, 0.25) is 0 Å². The van der Waals surface area contributed by atoms with E-state index in [4.69, 9.17) is 0 Å². The van der Waals surface area contributed by atoms with Crippen molar-refractivity contribution in [3.05, 3.63) is 40.4 Å². The molecule has 1 atom stereocenters. The van der Waals surface area contributed by atoms with Crippen LogP contribution in [0.2, 0.25) is 0 Å². The van der Waals surface area contributed by atoms with Crippen molar-refractivity contribution >= 4 is 17.4 Å². The normalized spacial score (nSPS) is 23.7. The van der Waals surface area contributed by atoms with E-state index in [9.17, 15) is 0 Å². The zero-order chi connectivity index (χ0) is 15.9. The fourth-order valence-corrected chi connectivity index (χ4v) is 5.51. The summed E-state index contributed by atoms with van der Waals surface area (Å²) in [5, 5.41) is 0.504. The summed E-state index contributed by atoms with van der Waals surface area (Å²) in [4.78, 5) is 4.29. The molecule has 3 rings (SSSR count). The molecule has 1 aromatic rings. The van der Waals surface area contributed by atoms with E-state index in [0.29, 0.717) is 5.37 Å². The van der Waals surface area contributed by atoms with Crippen molar-refractivity contribution in [1.29, 1.82) is 0 Å². The molecule has 0 amide bonds. The molecule has 0 N–H and O–H groups in total. The van der Waals surface area contributed by atoms with Gasteiger partial charge < -0.3 is 4.90 Å². The Morgan fingerprint density at radius 2 is 1.68 bits per heavy atom. The second-order valence-electron chi connectivity index (χ2n) is 7.92. The van der Waals surface area contributed by atoms with Crippen molar-refractivity contribution in [3.63, 3.8) is 0 Å². The van der Waals surface area contributed by atoms with E-state index in [0.717, 1.165) is 5.92 Å². The van der Waals surface area contributed by atoms with E-state index in [1.165, 1.54) is 42.6 Å². The molecule has 2 aliphatic rings. The summed E-state index contributed by atoms with van der Waals surface area (Å²) in [7, 11) is 0. The third kappa shape index (κ3) is 2.82. The quantitative estimate of drug-likeness (QED) is 0.626. The Kier molecular flexibility index (Phi) is 4.33. The average Bonchev–Trinajstić information content (AvgIpc) is 3.06. The summed E-state index contributed by atoms with van der Waals surface area (Å²) >= 11 is 2.14. The summed E-state index contributed by atoms with van der Waals surface area (Å²) in [5.41, 5.74) is 4.53. The fourth-order valence-electron chi connectivity index (χ4n) is 3.84. The topological polar surface area (TPSA) is 3.24 Å². The first kappa shape index (κ1) is 16.0.